The number of thiophene rings is 1. The van der Waals surface area contributed by atoms with Gasteiger partial charge in [0.15, 0.2) is 5.16 Å². The smallest absolute Gasteiger partial charge is 0.325 e. The number of carbonyl (C=O) groups is 1. The van der Waals surface area contributed by atoms with Gasteiger partial charge in [0.05, 0.1) is 28.1 Å². The summed E-state index contributed by atoms with van der Waals surface area (Å²) >= 11 is 5.51. The summed E-state index contributed by atoms with van der Waals surface area (Å²) in [5.74, 6) is -0.875. The van der Waals surface area contributed by atoms with Crippen molar-refractivity contribution in [3.8, 4) is 5.69 Å². The first-order valence-corrected chi connectivity index (χ1v) is 14.4. The molecular weight excluding hydrogens is 599 g/mol. The standard InChI is InChI=1S/C27H25BrF3N3O2S2/c1-5-6-21-16(4)23-24(38-21)33-26(34(25(23)36)18-9-7-14(2)15(3)11-18)37-13-22(35)32-20-10-8-17(28)12-19(20)27(29,30)31/h7-12H,5-6,13H2,1-4H3,(H,32,35). The third-order valence-corrected chi connectivity index (χ3v) is 8.83. The molecule has 0 radical (unpaired) electrons. The van der Waals surface area contributed by atoms with Gasteiger partial charge in [0.25, 0.3) is 5.56 Å². The highest BCUT2D eigenvalue weighted by atomic mass is 79.9. The number of aromatic nitrogens is 2. The van der Waals surface area contributed by atoms with Crippen LogP contribution in [0.3, 0.4) is 0 Å². The first-order chi connectivity index (χ1) is 17.9. The van der Waals surface area contributed by atoms with Crippen LogP contribution in [-0.2, 0) is 17.4 Å². The Bertz CT molecular complexity index is 1600. The number of halogens is 4. The number of benzene rings is 2. The number of rotatable bonds is 7. The normalized spacial score (nSPS) is 11.8. The van der Waals surface area contributed by atoms with E-state index in [0.29, 0.717) is 21.1 Å². The molecule has 2 heterocycles. The van der Waals surface area contributed by atoms with Crippen LogP contribution in [0.5, 0.6) is 0 Å². The van der Waals surface area contributed by atoms with E-state index in [4.69, 9.17) is 4.98 Å². The number of thioether (sulfide) groups is 1. The van der Waals surface area contributed by atoms with Crippen LogP contribution in [0.15, 0.2) is 50.8 Å². The largest absolute Gasteiger partial charge is 0.418 e. The van der Waals surface area contributed by atoms with E-state index in [1.54, 1.807) is 0 Å². The minimum Gasteiger partial charge on any atom is -0.325 e. The number of anilines is 1. The first-order valence-electron chi connectivity index (χ1n) is 11.8. The maximum absolute atomic E-state index is 13.8. The van der Waals surface area contributed by atoms with Crippen LogP contribution in [0.1, 0.15) is 40.5 Å². The molecule has 0 aliphatic carbocycles. The number of hydrogen-bond acceptors (Lipinski definition) is 5. The van der Waals surface area contributed by atoms with Crippen LogP contribution >= 0.6 is 39.0 Å². The van der Waals surface area contributed by atoms with E-state index in [-0.39, 0.29) is 21.5 Å². The van der Waals surface area contributed by atoms with Crippen LogP contribution in [0.25, 0.3) is 15.9 Å². The van der Waals surface area contributed by atoms with E-state index in [1.807, 2.05) is 39.0 Å². The second-order valence-corrected chi connectivity index (χ2v) is 11.9. The zero-order chi connectivity index (χ0) is 27.8. The van der Waals surface area contributed by atoms with Crippen molar-refractivity contribution in [1.29, 1.82) is 0 Å². The van der Waals surface area contributed by atoms with Gasteiger partial charge in [-0.15, -0.1) is 11.3 Å². The van der Waals surface area contributed by atoms with E-state index in [9.17, 15) is 22.8 Å². The van der Waals surface area contributed by atoms with Gasteiger partial charge < -0.3 is 5.32 Å². The molecule has 1 N–H and O–H groups in total. The zero-order valence-corrected chi connectivity index (χ0v) is 24.3. The molecular formula is C27H25BrF3N3O2S2. The van der Waals surface area contributed by atoms with Crippen molar-refractivity contribution in [3.05, 3.63) is 78.4 Å². The first kappa shape index (κ1) is 28.4. The average molecular weight is 625 g/mol. The summed E-state index contributed by atoms with van der Waals surface area (Å²) in [6.07, 6.45) is -2.88. The van der Waals surface area contributed by atoms with Gasteiger partial charge >= 0.3 is 6.18 Å². The molecule has 0 bridgehead atoms. The molecule has 4 aromatic rings. The zero-order valence-electron chi connectivity index (χ0n) is 21.1. The molecule has 0 saturated heterocycles. The third kappa shape index (κ3) is 5.84. The van der Waals surface area contributed by atoms with Crippen LogP contribution in [0.2, 0.25) is 0 Å². The van der Waals surface area contributed by atoms with Crippen LogP contribution in [0, 0.1) is 20.8 Å². The van der Waals surface area contributed by atoms with E-state index >= 15 is 0 Å². The van der Waals surface area contributed by atoms with Gasteiger partial charge in [-0.2, -0.15) is 13.2 Å². The summed E-state index contributed by atoms with van der Waals surface area (Å²) in [6.45, 7) is 7.91. The van der Waals surface area contributed by atoms with Gasteiger partial charge in [-0.25, -0.2) is 4.98 Å². The van der Waals surface area contributed by atoms with Gasteiger partial charge in [0.1, 0.15) is 4.83 Å². The summed E-state index contributed by atoms with van der Waals surface area (Å²) in [4.78, 5) is 33.0. The molecule has 38 heavy (non-hydrogen) atoms. The van der Waals surface area contributed by atoms with Gasteiger partial charge in [-0.3, -0.25) is 14.2 Å². The molecule has 11 heteroatoms. The van der Waals surface area contributed by atoms with Crippen molar-refractivity contribution in [1.82, 2.24) is 9.55 Å². The number of nitrogens with zero attached hydrogens (tertiary/aromatic N) is 2. The maximum atomic E-state index is 13.8. The quantitative estimate of drug-likeness (QED) is 0.168. The van der Waals surface area contributed by atoms with Crippen molar-refractivity contribution < 1.29 is 18.0 Å². The van der Waals surface area contributed by atoms with Gasteiger partial charge in [0, 0.05) is 9.35 Å². The molecule has 0 saturated carbocycles. The van der Waals surface area contributed by atoms with Gasteiger partial charge in [-0.1, -0.05) is 47.1 Å². The number of alkyl halides is 3. The molecule has 0 spiro atoms. The third-order valence-electron chi connectivity index (χ3n) is 6.15. The van der Waals surface area contributed by atoms with E-state index in [2.05, 4.69) is 28.2 Å². The summed E-state index contributed by atoms with van der Waals surface area (Å²) < 4.78 is 42.2. The molecule has 0 fully saturated rings. The molecule has 0 atom stereocenters. The second kappa shape index (κ2) is 11.2. The van der Waals surface area contributed by atoms with Crippen molar-refractivity contribution in [2.75, 3.05) is 11.1 Å². The summed E-state index contributed by atoms with van der Waals surface area (Å²) in [6, 6.07) is 9.18. The van der Waals surface area contributed by atoms with E-state index in [1.165, 1.54) is 28.0 Å². The van der Waals surface area contributed by atoms with E-state index < -0.39 is 17.6 Å². The SMILES string of the molecule is CCCc1sc2nc(SCC(=O)Nc3ccc(Br)cc3C(F)(F)F)n(-c3ccc(C)c(C)c3)c(=O)c2c1C. The number of fused-ring (bicyclic) bond motifs is 1. The number of hydrogen-bond donors (Lipinski definition) is 1. The molecule has 200 valence electrons. The molecule has 1 amide bonds. The maximum Gasteiger partial charge on any atom is 0.418 e. The number of amides is 1. The molecule has 0 unspecified atom stereocenters. The predicted molar refractivity (Wildman–Crippen MR) is 152 cm³/mol. The van der Waals surface area contributed by atoms with Crippen molar-refractivity contribution in [2.24, 2.45) is 0 Å². The Morgan fingerprint density at radius 2 is 1.87 bits per heavy atom. The lowest BCUT2D eigenvalue weighted by molar-refractivity contribution is -0.137. The molecule has 0 aliphatic rings. The highest BCUT2D eigenvalue weighted by Crippen LogP contribution is 2.37. The molecule has 5 nitrogen and oxygen atoms in total. The average Bonchev–Trinajstić information content (AvgIpc) is 3.15. The molecule has 2 aromatic heterocycles. The highest BCUT2D eigenvalue weighted by Gasteiger charge is 2.34. The fourth-order valence-corrected chi connectivity index (χ4v) is 6.54. The van der Waals surface area contributed by atoms with E-state index in [0.717, 1.165) is 52.2 Å². The minimum atomic E-state index is -4.64. The Kier molecular flexibility index (Phi) is 8.39. The topological polar surface area (TPSA) is 64.0 Å². The molecule has 4 rings (SSSR count). The van der Waals surface area contributed by atoms with Gasteiger partial charge in [-0.05, 0) is 74.2 Å². The van der Waals surface area contributed by atoms with Crippen LogP contribution < -0.4 is 10.9 Å². The lowest BCUT2D eigenvalue weighted by Crippen LogP contribution is -2.23. The van der Waals surface area contributed by atoms with Crippen molar-refractivity contribution in [2.45, 2.75) is 51.9 Å². The van der Waals surface area contributed by atoms with Gasteiger partial charge in [0.2, 0.25) is 5.91 Å². The minimum absolute atomic E-state index is 0.232. The predicted octanol–water partition coefficient (Wildman–Crippen LogP) is 7.84. The Labute approximate surface area is 234 Å². The number of carbonyl (C=O) groups excluding carboxylic acids is 1. The lowest BCUT2D eigenvalue weighted by atomic mass is 10.1. The Morgan fingerprint density at radius 3 is 2.53 bits per heavy atom. The molecule has 0 aliphatic heterocycles. The summed E-state index contributed by atoms with van der Waals surface area (Å²) in [5.41, 5.74) is 2.07. The van der Waals surface area contributed by atoms with Crippen LogP contribution in [-0.4, -0.2) is 21.2 Å². The monoisotopic (exact) mass is 623 g/mol. The lowest BCUT2D eigenvalue weighted by Gasteiger charge is -2.15. The Balaban J connectivity index is 1.73. The highest BCUT2D eigenvalue weighted by molar-refractivity contribution is 9.10. The van der Waals surface area contributed by atoms with Crippen molar-refractivity contribution in [3.63, 3.8) is 0 Å². The van der Waals surface area contributed by atoms with Crippen molar-refractivity contribution >= 4 is 60.8 Å². The fourth-order valence-electron chi connectivity index (χ4n) is 4.04. The second-order valence-electron chi connectivity index (χ2n) is 8.91. The number of nitrogens with one attached hydrogen (secondary N) is 1. The molecule has 2 aromatic carbocycles. The van der Waals surface area contributed by atoms with Crippen LogP contribution in [0.4, 0.5) is 18.9 Å². The summed E-state index contributed by atoms with van der Waals surface area (Å²) in [5, 5.41) is 3.21. The number of aryl methyl sites for hydroxylation is 4. The summed E-state index contributed by atoms with van der Waals surface area (Å²) in [7, 11) is 0. The fraction of sp³-hybridized carbons (Fsp3) is 0.296. The Morgan fingerprint density at radius 1 is 1.13 bits per heavy atom. The Hall–Kier alpha value is -2.63.